The van der Waals surface area contributed by atoms with E-state index in [1.165, 1.54) is 12.0 Å². The lowest BCUT2D eigenvalue weighted by atomic mass is 9.92. The Bertz CT molecular complexity index is 666. The average molecular weight is 299 g/mol. The zero-order valence-electron chi connectivity index (χ0n) is 13.7. The van der Waals surface area contributed by atoms with Crippen molar-refractivity contribution in [3.05, 3.63) is 30.0 Å². The Kier molecular flexibility index (Phi) is 4.19. The van der Waals surface area contributed by atoms with Crippen molar-refractivity contribution in [2.24, 2.45) is 11.8 Å². The molecule has 4 nitrogen and oxygen atoms in total. The molecule has 0 spiro atoms. The van der Waals surface area contributed by atoms with Crippen molar-refractivity contribution in [2.75, 3.05) is 13.1 Å². The Morgan fingerprint density at radius 2 is 2.00 bits per heavy atom. The van der Waals surface area contributed by atoms with E-state index >= 15 is 0 Å². The Balaban J connectivity index is 1.65. The van der Waals surface area contributed by atoms with Crippen LogP contribution in [0.25, 0.3) is 10.9 Å². The summed E-state index contributed by atoms with van der Waals surface area (Å²) in [7, 11) is 0. The van der Waals surface area contributed by atoms with Crippen LogP contribution in [-0.2, 0) is 11.3 Å². The number of hydrogen-bond acceptors (Lipinski definition) is 2. The maximum Gasteiger partial charge on any atom is 0.224 e. The first kappa shape index (κ1) is 15.1. The number of hydrogen-bond donors (Lipinski definition) is 0. The monoisotopic (exact) mass is 299 g/mol. The summed E-state index contributed by atoms with van der Waals surface area (Å²) in [6, 6.07) is 6.32. The van der Waals surface area contributed by atoms with Gasteiger partial charge in [-0.05, 0) is 37.3 Å². The fourth-order valence-corrected chi connectivity index (χ4v) is 3.61. The summed E-state index contributed by atoms with van der Waals surface area (Å²) in [5.74, 6) is 1.48. The predicted molar refractivity (Wildman–Crippen MR) is 88.6 cm³/mol. The van der Waals surface area contributed by atoms with Crippen LogP contribution in [0, 0.1) is 18.8 Å². The van der Waals surface area contributed by atoms with Crippen LogP contribution in [-0.4, -0.2) is 33.7 Å². The van der Waals surface area contributed by atoms with E-state index in [1.54, 1.807) is 0 Å². The van der Waals surface area contributed by atoms with Gasteiger partial charge >= 0.3 is 0 Å². The summed E-state index contributed by atoms with van der Waals surface area (Å²) < 4.78 is 1.95. The summed E-state index contributed by atoms with van der Waals surface area (Å²) in [5, 5.41) is 5.58. The smallest absolute Gasteiger partial charge is 0.224 e. The van der Waals surface area contributed by atoms with E-state index in [0.717, 1.165) is 24.0 Å². The second-order valence-electron chi connectivity index (χ2n) is 6.92. The quantitative estimate of drug-likeness (QED) is 0.872. The number of benzene rings is 1. The van der Waals surface area contributed by atoms with Gasteiger partial charge in [0, 0.05) is 24.9 Å². The van der Waals surface area contributed by atoms with Crippen molar-refractivity contribution in [3.63, 3.8) is 0 Å². The topological polar surface area (TPSA) is 38.1 Å². The molecule has 1 aromatic carbocycles. The molecule has 1 aliphatic rings. The number of aryl methyl sites for hydroxylation is 2. The number of carbonyl (C=O) groups excluding carboxylic acids is 1. The van der Waals surface area contributed by atoms with Crippen LogP contribution in [0.2, 0.25) is 0 Å². The van der Waals surface area contributed by atoms with Crippen LogP contribution < -0.4 is 0 Å². The molecule has 4 heteroatoms. The van der Waals surface area contributed by atoms with E-state index in [1.807, 2.05) is 15.8 Å². The molecule has 2 aromatic rings. The Morgan fingerprint density at radius 3 is 2.73 bits per heavy atom. The molecule has 0 saturated carbocycles. The lowest BCUT2D eigenvalue weighted by molar-refractivity contribution is -0.134. The average Bonchev–Trinajstić information content (AvgIpc) is 2.85. The molecule has 0 radical (unpaired) electrons. The third-order valence-electron chi connectivity index (χ3n) is 4.56. The van der Waals surface area contributed by atoms with Crippen molar-refractivity contribution in [1.82, 2.24) is 14.7 Å². The highest BCUT2D eigenvalue weighted by atomic mass is 16.2. The molecule has 118 valence electrons. The molecule has 1 fully saturated rings. The zero-order chi connectivity index (χ0) is 15.7. The maximum atomic E-state index is 12.5. The number of piperidine rings is 1. The van der Waals surface area contributed by atoms with E-state index in [-0.39, 0.29) is 5.91 Å². The summed E-state index contributed by atoms with van der Waals surface area (Å²) in [5.41, 5.74) is 2.35. The van der Waals surface area contributed by atoms with Crippen molar-refractivity contribution in [2.45, 2.75) is 40.2 Å². The molecule has 1 aliphatic heterocycles. The van der Waals surface area contributed by atoms with Gasteiger partial charge in [-0.15, -0.1) is 0 Å². The van der Waals surface area contributed by atoms with E-state index in [2.05, 4.69) is 44.1 Å². The van der Waals surface area contributed by atoms with Gasteiger partial charge < -0.3 is 4.90 Å². The first-order valence-electron chi connectivity index (χ1n) is 8.23. The van der Waals surface area contributed by atoms with Crippen molar-refractivity contribution < 1.29 is 4.79 Å². The highest BCUT2D eigenvalue weighted by molar-refractivity contribution is 5.80. The van der Waals surface area contributed by atoms with Crippen LogP contribution in [0.4, 0.5) is 0 Å². The second-order valence-corrected chi connectivity index (χ2v) is 6.92. The maximum absolute atomic E-state index is 12.5. The third kappa shape index (κ3) is 3.16. The fraction of sp³-hybridized carbons (Fsp3) is 0.556. The van der Waals surface area contributed by atoms with Gasteiger partial charge in [0.05, 0.1) is 18.3 Å². The van der Waals surface area contributed by atoms with Crippen LogP contribution in [0.5, 0.6) is 0 Å². The van der Waals surface area contributed by atoms with Gasteiger partial charge in [-0.3, -0.25) is 9.48 Å². The van der Waals surface area contributed by atoms with Gasteiger partial charge in [0.1, 0.15) is 0 Å². The Labute approximate surface area is 132 Å². The fourth-order valence-electron chi connectivity index (χ4n) is 3.61. The molecule has 2 atom stereocenters. The molecule has 2 heterocycles. The van der Waals surface area contributed by atoms with Crippen molar-refractivity contribution in [3.8, 4) is 0 Å². The number of fused-ring (bicyclic) bond motifs is 1. The molecular weight excluding hydrogens is 274 g/mol. The standard InChI is InChI=1S/C18H25N3O/c1-13-4-5-17-16(9-13)10-19-21(17)7-6-18(22)20-11-14(2)8-15(3)12-20/h4-5,9-10,14-15H,6-8,11-12H2,1-3H3/t14-,15-/m1/s1. The number of carbonyl (C=O) groups is 1. The van der Waals surface area contributed by atoms with E-state index < -0.39 is 0 Å². The number of amides is 1. The molecule has 1 amide bonds. The third-order valence-corrected chi connectivity index (χ3v) is 4.56. The van der Waals surface area contributed by atoms with Crippen molar-refractivity contribution in [1.29, 1.82) is 0 Å². The molecule has 0 aliphatic carbocycles. The summed E-state index contributed by atoms with van der Waals surface area (Å²) >= 11 is 0. The summed E-state index contributed by atoms with van der Waals surface area (Å²) in [6.07, 6.45) is 3.65. The van der Waals surface area contributed by atoms with Crippen LogP contribution in [0.1, 0.15) is 32.3 Å². The van der Waals surface area contributed by atoms with E-state index in [0.29, 0.717) is 24.8 Å². The number of nitrogens with zero attached hydrogens (tertiary/aromatic N) is 3. The molecule has 0 N–H and O–H groups in total. The van der Waals surface area contributed by atoms with Gasteiger partial charge in [0.25, 0.3) is 0 Å². The van der Waals surface area contributed by atoms with Crippen molar-refractivity contribution >= 4 is 16.8 Å². The van der Waals surface area contributed by atoms with E-state index in [4.69, 9.17) is 0 Å². The van der Waals surface area contributed by atoms with Crippen LogP contribution in [0.3, 0.4) is 0 Å². The van der Waals surface area contributed by atoms with Gasteiger partial charge in [0.2, 0.25) is 5.91 Å². The molecular formula is C18H25N3O. The molecule has 0 bridgehead atoms. The Hall–Kier alpha value is -1.84. The van der Waals surface area contributed by atoms with Gasteiger partial charge in [-0.25, -0.2) is 0 Å². The largest absolute Gasteiger partial charge is 0.342 e. The van der Waals surface area contributed by atoms with Gasteiger partial charge in [-0.1, -0.05) is 25.5 Å². The normalized spacial score (nSPS) is 22.2. The van der Waals surface area contributed by atoms with Gasteiger partial charge in [-0.2, -0.15) is 5.10 Å². The lowest BCUT2D eigenvalue weighted by Gasteiger charge is -2.35. The molecule has 1 saturated heterocycles. The SMILES string of the molecule is Cc1ccc2c(cnn2CCC(=O)N2C[C@H](C)C[C@@H](C)C2)c1. The number of rotatable bonds is 3. The lowest BCUT2D eigenvalue weighted by Crippen LogP contribution is -2.42. The number of likely N-dealkylation sites (tertiary alicyclic amines) is 1. The van der Waals surface area contributed by atoms with Crippen LogP contribution >= 0.6 is 0 Å². The number of aromatic nitrogens is 2. The molecule has 0 unspecified atom stereocenters. The van der Waals surface area contributed by atoms with Gasteiger partial charge in [0.15, 0.2) is 0 Å². The van der Waals surface area contributed by atoms with Crippen LogP contribution in [0.15, 0.2) is 24.4 Å². The second kappa shape index (κ2) is 6.11. The first-order chi connectivity index (χ1) is 10.5. The molecule has 1 aromatic heterocycles. The minimum atomic E-state index is 0.258. The summed E-state index contributed by atoms with van der Waals surface area (Å²) in [6.45, 7) is 9.02. The molecule has 3 rings (SSSR count). The highest BCUT2D eigenvalue weighted by Crippen LogP contribution is 2.22. The zero-order valence-corrected chi connectivity index (χ0v) is 13.7. The van der Waals surface area contributed by atoms with E-state index in [9.17, 15) is 4.79 Å². The highest BCUT2D eigenvalue weighted by Gasteiger charge is 2.25. The first-order valence-corrected chi connectivity index (χ1v) is 8.23. The Morgan fingerprint density at radius 1 is 1.27 bits per heavy atom. The minimum absolute atomic E-state index is 0.258. The summed E-state index contributed by atoms with van der Waals surface area (Å²) in [4.78, 5) is 14.5. The minimum Gasteiger partial charge on any atom is -0.342 e. The molecule has 22 heavy (non-hydrogen) atoms. The predicted octanol–water partition coefficient (Wildman–Crippen LogP) is 3.24.